The molecule has 0 N–H and O–H groups in total. The highest BCUT2D eigenvalue weighted by Gasteiger charge is 2.37. The lowest BCUT2D eigenvalue weighted by atomic mass is 10.1. The number of fused-ring (bicyclic) bond motifs is 1. The van der Waals surface area contributed by atoms with E-state index in [1.54, 1.807) is 60.7 Å². The van der Waals surface area contributed by atoms with Crippen LogP contribution in [0.25, 0.3) is 0 Å². The van der Waals surface area contributed by atoms with E-state index in [2.05, 4.69) is 38.5 Å². The van der Waals surface area contributed by atoms with Crippen molar-refractivity contribution >= 4 is 61.9 Å². The van der Waals surface area contributed by atoms with Crippen LogP contribution in [0.15, 0.2) is 77.3 Å². The average Bonchev–Trinajstić information content (AvgIpc) is 2.98. The third kappa shape index (κ3) is 3.84. The lowest BCUT2D eigenvalue weighted by molar-refractivity contribution is 0.0650. The second kappa shape index (κ2) is 8.08. The maximum absolute atomic E-state index is 13.3. The van der Waals surface area contributed by atoms with Gasteiger partial charge in [0.2, 0.25) is 0 Å². The van der Waals surface area contributed by atoms with Crippen molar-refractivity contribution in [1.82, 2.24) is 4.90 Å². The summed E-state index contributed by atoms with van der Waals surface area (Å²) in [5.74, 6) is -1.09. The standard InChI is InChI=1S/C22H14BrIN2O3/c23-15-7-5-14(6-8-15)20(27)25(17-11-9-16(24)10-12-17)13-26-21(28)18-3-1-2-4-19(18)22(26)29/h1-12H,13H2. The van der Waals surface area contributed by atoms with Gasteiger partial charge in [0.25, 0.3) is 17.7 Å². The molecule has 5 nitrogen and oxygen atoms in total. The minimum absolute atomic E-state index is 0.165. The van der Waals surface area contributed by atoms with Gasteiger partial charge in [0.15, 0.2) is 0 Å². The summed E-state index contributed by atoms with van der Waals surface area (Å²) in [6.07, 6.45) is 0. The van der Waals surface area contributed by atoms with Crippen LogP contribution in [0, 0.1) is 3.57 Å². The van der Waals surface area contributed by atoms with Crippen LogP contribution in [0.2, 0.25) is 0 Å². The first-order valence-electron chi connectivity index (χ1n) is 8.74. The van der Waals surface area contributed by atoms with Crippen molar-refractivity contribution in [2.24, 2.45) is 0 Å². The normalized spacial score (nSPS) is 12.8. The van der Waals surface area contributed by atoms with E-state index in [1.165, 1.54) is 4.90 Å². The predicted molar refractivity (Wildman–Crippen MR) is 122 cm³/mol. The lowest BCUT2D eigenvalue weighted by Gasteiger charge is -2.27. The molecular formula is C22H14BrIN2O3. The molecule has 3 aromatic rings. The van der Waals surface area contributed by atoms with Crippen LogP contribution in [-0.2, 0) is 0 Å². The Morgan fingerprint density at radius 1 is 0.862 bits per heavy atom. The van der Waals surface area contributed by atoms with Crippen molar-refractivity contribution < 1.29 is 14.4 Å². The van der Waals surface area contributed by atoms with Gasteiger partial charge in [-0.15, -0.1) is 0 Å². The van der Waals surface area contributed by atoms with Crippen LogP contribution in [0.4, 0.5) is 5.69 Å². The van der Waals surface area contributed by atoms with Gasteiger partial charge in [-0.05, 0) is 83.3 Å². The quantitative estimate of drug-likeness (QED) is 0.335. The molecule has 4 rings (SSSR count). The molecule has 3 amide bonds. The number of halogens is 2. The first-order valence-corrected chi connectivity index (χ1v) is 10.6. The Morgan fingerprint density at radius 2 is 1.41 bits per heavy atom. The van der Waals surface area contributed by atoms with Crippen molar-refractivity contribution in [3.63, 3.8) is 0 Å². The Balaban J connectivity index is 1.70. The van der Waals surface area contributed by atoms with Crippen LogP contribution in [0.3, 0.4) is 0 Å². The molecule has 7 heteroatoms. The summed E-state index contributed by atoms with van der Waals surface area (Å²) >= 11 is 5.55. The zero-order chi connectivity index (χ0) is 20.5. The number of rotatable bonds is 4. The lowest BCUT2D eigenvalue weighted by Crippen LogP contribution is -2.44. The topological polar surface area (TPSA) is 57.7 Å². The Bertz CT molecular complexity index is 1080. The molecule has 0 spiro atoms. The van der Waals surface area contributed by atoms with E-state index in [4.69, 9.17) is 0 Å². The van der Waals surface area contributed by atoms with E-state index in [0.717, 1.165) is 12.9 Å². The molecular weight excluding hydrogens is 547 g/mol. The van der Waals surface area contributed by atoms with E-state index < -0.39 is 11.8 Å². The van der Waals surface area contributed by atoms with Crippen molar-refractivity contribution in [2.75, 3.05) is 11.6 Å². The summed E-state index contributed by atoms with van der Waals surface area (Å²) in [5, 5.41) is 0. The summed E-state index contributed by atoms with van der Waals surface area (Å²) in [6.45, 7) is -0.165. The van der Waals surface area contributed by atoms with Crippen molar-refractivity contribution in [3.8, 4) is 0 Å². The molecule has 0 aromatic heterocycles. The Kier molecular flexibility index (Phi) is 5.51. The largest absolute Gasteiger partial charge is 0.290 e. The first kappa shape index (κ1) is 19.8. The highest BCUT2D eigenvalue weighted by atomic mass is 127. The minimum atomic E-state index is -0.398. The van der Waals surface area contributed by atoms with Gasteiger partial charge in [-0.3, -0.25) is 24.2 Å². The van der Waals surface area contributed by atoms with Gasteiger partial charge in [-0.25, -0.2) is 0 Å². The summed E-state index contributed by atoms with van der Waals surface area (Å²) in [6, 6.07) is 21.0. The summed E-state index contributed by atoms with van der Waals surface area (Å²) in [5.41, 5.74) is 1.78. The van der Waals surface area contributed by atoms with E-state index in [1.807, 2.05) is 12.1 Å². The SMILES string of the molecule is O=C1c2ccccc2C(=O)N1CN(C(=O)c1ccc(Br)cc1)c1ccc(I)cc1. The maximum atomic E-state index is 13.3. The van der Waals surface area contributed by atoms with Gasteiger partial charge < -0.3 is 0 Å². The molecule has 1 aliphatic rings. The van der Waals surface area contributed by atoms with Crippen LogP contribution < -0.4 is 4.90 Å². The first-order chi connectivity index (χ1) is 14.0. The van der Waals surface area contributed by atoms with Crippen LogP contribution >= 0.6 is 38.5 Å². The van der Waals surface area contributed by atoms with Crippen LogP contribution in [0.5, 0.6) is 0 Å². The Hall–Kier alpha value is -2.52. The second-order valence-electron chi connectivity index (χ2n) is 6.44. The second-order valence-corrected chi connectivity index (χ2v) is 8.60. The molecule has 0 unspecified atom stereocenters. The van der Waals surface area contributed by atoms with Gasteiger partial charge in [-0.1, -0.05) is 28.1 Å². The zero-order valence-electron chi connectivity index (χ0n) is 15.0. The number of hydrogen-bond acceptors (Lipinski definition) is 3. The number of benzene rings is 3. The van der Waals surface area contributed by atoms with Crippen LogP contribution in [-0.4, -0.2) is 29.3 Å². The molecule has 0 saturated heterocycles. The van der Waals surface area contributed by atoms with Gasteiger partial charge in [0.1, 0.15) is 6.67 Å². The molecule has 1 aliphatic heterocycles. The summed E-state index contributed by atoms with van der Waals surface area (Å²) in [7, 11) is 0. The molecule has 0 atom stereocenters. The Morgan fingerprint density at radius 3 is 1.97 bits per heavy atom. The van der Waals surface area contributed by atoms with Crippen molar-refractivity contribution in [3.05, 3.63) is 97.5 Å². The molecule has 0 saturated carbocycles. The number of carbonyl (C=O) groups is 3. The summed E-state index contributed by atoms with van der Waals surface area (Å²) in [4.78, 5) is 41.4. The van der Waals surface area contributed by atoms with Gasteiger partial charge in [0, 0.05) is 19.3 Å². The summed E-state index contributed by atoms with van der Waals surface area (Å²) < 4.78 is 1.87. The number of carbonyl (C=O) groups excluding carboxylic acids is 3. The third-order valence-electron chi connectivity index (χ3n) is 4.64. The molecule has 0 aliphatic carbocycles. The maximum Gasteiger partial charge on any atom is 0.263 e. The fraction of sp³-hybridized carbons (Fsp3) is 0.0455. The predicted octanol–water partition coefficient (Wildman–Crippen LogP) is 4.95. The zero-order valence-corrected chi connectivity index (χ0v) is 18.8. The number of nitrogens with zero attached hydrogens (tertiary/aromatic N) is 2. The van der Waals surface area contributed by atoms with Crippen molar-refractivity contribution in [1.29, 1.82) is 0 Å². The molecule has 29 heavy (non-hydrogen) atoms. The molecule has 1 heterocycles. The molecule has 0 radical (unpaired) electrons. The smallest absolute Gasteiger partial charge is 0.263 e. The van der Waals surface area contributed by atoms with E-state index >= 15 is 0 Å². The van der Waals surface area contributed by atoms with Crippen molar-refractivity contribution in [2.45, 2.75) is 0 Å². The van der Waals surface area contributed by atoms with Gasteiger partial charge >= 0.3 is 0 Å². The van der Waals surface area contributed by atoms with E-state index in [9.17, 15) is 14.4 Å². The number of anilines is 1. The average molecular weight is 561 g/mol. The molecule has 0 bridgehead atoms. The van der Waals surface area contributed by atoms with Crippen LogP contribution in [0.1, 0.15) is 31.1 Å². The monoisotopic (exact) mass is 560 g/mol. The van der Waals surface area contributed by atoms with E-state index in [0.29, 0.717) is 22.4 Å². The highest BCUT2D eigenvalue weighted by Crippen LogP contribution is 2.26. The number of hydrogen-bond donors (Lipinski definition) is 0. The Labute approximate surface area is 189 Å². The third-order valence-corrected chi connectivity index (χ3v) is 5.88. The molecule has 0 fully saturated rings. The fourth-order valence-electron chi connectivity index (χ4n) is 3.14. The number of imide groups is 1. The fourth-order valence-corrected chi connectivity index (χ4v) is 3.77. The minimum Gasteiger partial charge on any atom is -0.290 e. The van der Waals surface area contributed by atoms with Gasteiger partial charge in [0.05, 0.1) is 11.1 Å². The number of amides is 3. The molecule has 3 aromatic carbocycles. The highest BCUT2D eigenvalue weighted by molar-refractivity contribution is 14.1. The van der Waals surface area contributed by atoms with E-state index in [-0.39, 0.29) is 12.6 Å². The molecule has 144 valence electrons. The van der Waals surface area contributed by atoms with Gasteiger partial charge in [-0.2, -0.15) is 0 Å².